The van der Waals surface area contributed by atoms with Gasteiger partial charge in [-0.1, -0.05) is 0 Å². The Bertz CT molecular complexity index is 870. The van der Waals surface area contributed by atoms with Gasteiger partial charge in [0.05, 0.1) is 18.5 Å². The minimum absolute atomic E-state index is 0.121. The molecule has 1 heterocycles. The molecule has 5 aliphatic carbocycles. The Morgan fingerprint density at radius 2 is 1.91 bits per heavy atom. The van der Waals surface area contributed by atoms with Gasteiger partial charge in [-0.15, -0.1) is 0 Å². The molecule has 6 aliphatic rings. The van der Waals surface area contributed by atoms with Crippen LogP contribution in [-0.4, -0.2) is 64.7 Å². The molecule has 6 rings (SSSR count). The fraction of sp³-hybridized carbons (Fsp3) is 0.826. The number of hydrogen-bond donors (Lipinski definition) is 3. The number of fused-ring (bicyclic) bond motifs is 1. The number of ether oxygens (including phenoxy) is 1. The minimum Gasteiger partial charge on any atom is -0.481 e. The molecule has 0 radical (unpaired) electrons. The molecular formula is C23H32N4O5. The van der Waals surface area contributed by atoms with Crippen molar-refractivity contribution in [2.45, 2.75) is 87.6 Å². The quantitative estimate of drug-likeness (QED) is 0.488. The first-order chi connectivity index (χ1) is 15.2. The lowest BCUT2D eigenvalue weighted by molar-refractivity contribution is -0.208. The fourth-order valence-corrected chi connectivity index (χ4v) is 7.81. The van der Waals surface area contributed by atoms with Gasteiger partial charge in [-0.05, 0) is 81.6 Å². The maximum Gasteiger partial charge on any atom is 0.324 e. The molecule has 0 spiro atoms. The second kappa shape index (κ2) is 7.42. The van der Waals surface area contributed by atoms with E-state index in [0.29, 0.717) is 24.2 Å². The van der Waals surface area contributed by atoms with Crippen LogP contribution in [0, 0.1) is 34.5 Å². The molecule has 6 fully saturated rings. The Balaban J connectivity index is 1.36. The molecule has 4 N–H and O–H groups in total. The highest BCUT2D eigenvalue weighted by molar-refractivity contribution is 5.85. The van der Waals surface area contributed by atoms with Crippen molar-refractivity contribution in [2.24, 2.45) is 28.9 Å². The molecule has 7 atom stereocenters. The number of hydrogen-bond acceptors (Lipinski definition) is 7. The Labute approximate surface area is 187 Å². The SMILES string of the molecule is CNC(CC(=O)O)C(=O)OC12CC3CC(C1)CC(C(N)C(=O)N1C(C#N)CC4CC41)(C3)C2. The maximum absolute atomic E-state index is 13.5. The van der Waals surface area contributed by atoms with Crippen LogP contribution in [-0.2, 0) is 19.1 Å². The Morgan fingerprint density at radius 1 is 1.22 bits per heavy atom. The molecule has 1 amide bonds. The number of esters is 1. The molecule has 0 aromatic carbocycles. The van der Waals surface area contributed by atoms with Crippen LogP contribution < -0.4 is 11.1 Å². The van der Waals surface area contributed by atoms with Crippen molar-refractivity contribution in [3.05, 3.63) is 0 Å². The topological polar surface area (TPSA) is 146 Å². The number of nitrogens with one attached hydrogen (secondary N) is 1. The van der Waals surface area contributed by atoms with E-state index in [-0.39, 0.29) is 24.4 Å². The number of carbonyl (C=O) groups excluding carboxylic acids is 2. The summed E-state index contributed by atoms with van der Waals surface area (Å²) < 4.78 is 6.06. The van der Waals surface area contributed by atoms with Crippen molar-refractivity contribution < 1.29 is 24.2 Å². The Kier molecular flexibility index (Phi) is 5.02. The number of piperidine rings is 1. The van der Waals surface area contributed by atoms with Gasteiger partial charge >= 0.3 is 11.9 Å². The number of aliphatic carboxylic acids is 1. The lowest BCUT2D eigenvalue weighted by atomic mass is 9.46. The third-order valence-electron chi connectivity index (χ3n) is 8.82. The molecule has 0 aromatic rings. The number of rotatable bonds is 7. The van der Waals surface area contributed by atoms with Crippen LogP contribution in [0.25, 0.3) is 0 Å². The van der Waals surface area contributed by atoms with Gasteiger partial charge in [0, 0.05) is 6.04 Å². The molecule has 5 saturated carbocycles. The van der Waals surface area contributed by atoms with Crippen molar-refractivity contribution in [1.29, 1.82) is 5.26 Å². The summed E-state index contributed by atoms with van der Waals surface area (Å²) in [7, 11) is 1.55. The summed E-state index contributed by atoms with van der Waals surface area (Å²) in [5, 5.41) is 21.4. The first-order valence-electron chi connectivity index (χ1n) is 11.8. The van der Waals surface area contributed by atoms with Gasteiger partial charge < -0.3 is 25.8 Å². The highest BCUT2D eigenvalue weighted by Gasteiger charge is 2.64. The molecule has 1 aliphatic heterocycles. The maximum atomic E-state index is 13.5. The zero-order chi connectivity index (χ0) is 22.8. The van der Waals surface area contributed by atoms with E-state index in [2.05, 4.69) is 11.4 Å². The van der Waals surface area contributed by atoms with Crippen LogP contribution in [0.3, 0.4) is 0 Å². The number of carboxylic acids is 1. The molecule has 4 bridgehead atoms. The normalized spacial score (nSPS) is 42.7. The van der Waals surface area contributed by atoms with Crippen LogP contribution in [0.4, 0.5) is 0 Å². The molecular weight excluding hydrogens is 412 g/mol. The zero-order valence-electron chi connectivity index (χ0n) is 18.5. The molecule has 174 valence electrons. The Hall–Kier alpha value is -2.18. The molecule has 7 unspecified atom stereocenters. The van der Waals surface area contributed by atoms with E-state index in [1.165, 1.54) is 0 Å². The minimum atomic E-state index is -1.06. The predicted octanol–water partition coefficient (Wildman–Crippen LogP) is 0.772. The summed E-state index contributed by atoms with van der Waals surface area (Å²) in [5.74, 6) is -0.608. The molecule has 32 heavy (non-hydrogen) atoms. The summed E-state index contributed by atoms with van der Waals surface area (Å²) in [6.45, 7) is 0. The smallest absolute Gasteiger partial charge is 0.324 e. The van der Waals surface area contributed by atoms with Crippen LogP contribution in [0.2, 0.25) is 0 Å². The zero-order valence-corrected chi connectivity index (χ0v) is 18.5. The summed E-state index contributed by atoms with van der Waals surface area (Å²) in [6, 6.07) is 0.442. The summed E-state index contributed by atoms with van der Waals surface area (Å²) in [4.78, 5) is 39.3. The van der Waals surface area contributed by atoms with E-state index in [4.69, 9.17) is 15.6 Å². The standard InChI is InChI=1S/C23H32N4O5/c1-26-16(5-18(28)29)21(31)32-23-8-12-2-13(9-23)7-22(6-12,11-23)19(25)20(30)27-15(10-24)3-14-4-17(14)27/h12-17,19,26H,2-9,11,25H2,1H3,(H,28,29). The number of nitrogens with zero attached hydrogens (tertiary/aromatic N) is 2. The lowest BCUT2D eigenvalue weighted by Crippen LogP contribution is -2.66. The Morgan fingerprint density at radius 3 is 2.50 bits per heavy atom. The van der Waals surface area contributed by atoms with E-state index in [1.807, 2.05) is 0 Å². The number of likely N-dealkylation sites (N-methyl/N-ethyl adjacent to an activating group) is 1. The van der Waals surface area contributed by atoms with Gasteiger partial charge in [-0.25, -0.2) is 0 Å². The van der Waals surface area contributed by atoms with Crippen molar-refractivity contribution in [3.63, 3.8) is 0 Å². The predicted molar refractivity (Wildman–Crippen MR) is 112 cm³/mol. The van der Waals surface area contributed by atoms with E-state index in [0.717, 1.165) is 44.9 Å². The van der Waals surface area contributed by atoms with Crippen molar-refractivity contribution in [3.8, 4) is 6.07 Å². The first kappa shape index (κ1) is 21.7. The van der Waals surface area contributed by atoms with Gasteiger partial charge in [0.25, 0.3) is 0 Å². The average Bonchev–Trinajstić information content (AvgIpc) is 3.39. The molecule has 9 nitrogen and oxygen atoms in total. The van der Waals surface area contributed by atoms with Crippen molar-refractivity contribution in [2.75, 3.05) is 7.05 Å². The van der Waals surface area contributed by atoms with E-state index in [9.17, 15) is 19.6 Å². The monoisotopic (exact) mass is 444 g/mol. The third kappa shape index (κ3) is 3.39. The highest BCUT2D eigenvalue weighted by atomic mass is 16.6. The number of carbonyl (C=O) groups is 3. The number of amides is 1. The van der Waals surface area contributed by atoms with Gasteiger partial charge in [0.1, 0.15) is 17.7 Å². The molecule has 9 heteroatoms. The van der Waals surface area contributed by atoms with Crippen LogP contribution in [0.15, 0.2) is 0 Å². The van der Waals surface area contributed by atoms with Gasteiger partial charge in [-0.3, -0.25) is 14.4 Å². The van der Waals surface area contributed by atoms with Crippen molar-refractivity contribution >= 4 is 17.8 Å². The summed E-state index contributed by atoms with van der Waals surface area (Å²) in [6.07, 6.45) is 6.15. The second-order valence-electron chi connectivity index (χ2n) is 11.0. The number of likely N-dealkylation sites (tertiary alicyclic amines) is 1. The van der Waals surface area contributed by atoms with Crippen LogP contribution >= 0.6 is 0 Å². The van der Waals surface area contributed by atoms with Crippen LogP contribution in [0.5, 0.6) is 0 Å². The largest absolute Gasteiger partial charge is 0.481 e. The van der Waals surface area contributed by atoms with Gasteiger partial charge in [0.15, 0.2) is 0 Å². The molecule has 1 saturated heterocycles. The number of carboxylic acid groups (broad SMARTS) is 1. The number of nitrogens with two attached hydrogens (primary N) is 1. The van der Waals surface area contributed by atoms with Crippen LogP contribution in [0.1, 0.15) is 57.8 Å². The van der Waals surface area contributed by atoms with E-state index in [1.54, 1.807) is 11.9 Å². The molecule has 0 aromatic heterocycles. The summed E-state index contributed by atoms with van der Waals surface area (Å²) >= 11 is 0. The lowest BCUT2D eigenvalue weighted by Gasteiger charge is -2.62. The average molecular weight is 445 g/mol. The second-order valence-corrected chi connectivity index (χ2v) is 11.0. The van der Waals surface area contributed by atoms with Gasteiger partial charge in [-0.2, -0.15) is 5.26 Å². The van der Waals surface area contributed by atoms with E-state index < -0.39 is 35.0 Å². The van der Waals surface area contributed by atoms with Gasteiger partial charge in [0.2, 0.25) is 5.91 Å². The summed E-state index contributed by atoms with van der Waals surface area (Å²) in [5.41, 5.74) is 5.58. The van der Waals surface area contributed by atoms with E-state index >= 15 is 0 Å². The first-order valence-corrected chi connectivity index (χ1v) is 11.8. The van der Waals surface area contributed by atoms with Crippen molar-refractivity contribution in [1.82, 2.24) is 10.2 Å². The fourth-order valence-electron chi connectivity index (χ4n) is 7.81. The highest BCUT2D eigenvalue weighted by Crippen LogP contribution is 2.64. The number of nitriles is 1. The third-order valence-corrected chi connectivity index (χ3v) is 8.82.